The average molecular weight is 439 g/mol. The van der Waals surface area contributed by atoms with E-state index in [0.29, 0.717) is 5.82 Å². The van der Waals surface area contributed by atoms with Crippen LogP contribution in [-0.4, -0.2) is 59.1 Å². The van der Waals surface area contributed by atoms with Crippen molar-refractivity contribution in [1.29, 1.82) is 0 Å². The summed E-state index contributed by atoms with van der Waals surface area (Å²) in [5.74, 6) is 0.714. The van der Waals surface area contributed by atoms with E-state index in [4.69, 9.17) is 9.11 Å². The average Bonchev–Trinajstić information content (AvgIpc) is 3.47. The number of fused-ring (bicyclic) bond motifs is 1. The first-order valence-electron chi connectivity index (χ1n) is 10.4. The summed E-state index contributed by atoms with van der Waals surface area (Å²) in [6.07, 6.45) is 7.94. The number of hydrogen-bond acceptors (Lipinski definition) is 8. The standard InChI is InChI=1S/C21H26N8OS/c1-12-9-29-18(16-6-23-24-7-16)8-22-21(29)20(25-12)26-19-5-17(27-31-19)15(4)28-10-13(2)30-14(3)11-28/h5-9,13-15H,10-11H2,1-4H3,(H,23,24)(H,25,26)/t13-,14+,15-/m0/s1. The molecule has 0 bridgehead atoms. The van der Waals surface area contributed by atoms with Crippen molar-refractivity contribution >= 4 is 28.0 Å². The van der Waals surface area contributed by atoms with Crippen LogP contribution in [0.15, 0.2) is 30.9 Å². The Labute approximate surface area is 184 Å². The van der Waals surface area contributed by atoms with Gasteiger partial charge in [-0.3, -0.25) is 14.4 Å². The fourth-order valence-corrected chi connectivity index (χ4v) is 4.90. The van der Waals surface area contributed by atoms with E-state index in [9.17, 15) is 0 Å². The number of hydrogen-bond donors (Lipinski definition) is 2. The quantitative estimate of drug-likeness (QED) is 0.489. The number of aryl methyl sites for hydroxylation is 1. The van der Waals surface area contributed by atoms with Gasteiger partial charge in [-0.05, 0) is 45.3 Å². The molecule has 0 saturated carbocycles. The van der Waals surface area contributed by atoms with E-state index in [1.165, 1.54) is 11.5 Å². The molecule has 0 spiro atoms. The van der Waals surface area contributed by atoms with Gasteiger partial charge in [0.05, 0.1) is 47.7 Å². The second-order valence-corrected chi connectivity index (χ2v) is 8.99. The van der Waals surface area contributed by atoms with Crippen LogP contribution in [0.1, 0.15) is 38.2 Å². The molecule has 0 unspecified atom stereocenters. The second kappa shape index (κ2) is 8.03. The fraction of sp³-hybridized carbons (Fsp3) is 0.429. The van der Waals surface area contributed by atoms with Crippen LogP contribution in [0.2, 0.25) is 0 Å². The third-order valence-corrected chi connectivity index (χ3v) is 6.32. The van der Waals surface area contributed by atoms with Crippen molar-refractivity contribution in [3.63, 3.8) is 0 Å². The Hall–Kier alpha value is -2.82. The van der Waals surface area contributed by atoms with Gasteiger partial charge in [-0.15, -0.1) is 0 Å². The molecule has 3 atom stereocenters. The number of aromatic amines is 1. The monoisotopic (exact) mass is 438 g/mol. The highest BCUT2D eigenvalue weighted by atomic mass is 32.1. The Morgan fingerprint density at radius 3 is 2.81 bits per heavy atom. The van der Waals surface area contributed by atoms with E-state index in [2.05, 4.69) is 57.2 Å². The highest BCUT2D eigenvalue weighted by Crippen LogP contribution is 2.31. The molecule has 0 radical (unpaired) electrons. The number of nitrogens with one attached hydrogen (secondary N) is 2. The first kappa shape index (κ1) is 20.1. The van der Waals surface area contributed by atoms with Gasteiger partial charge in [0.15, 0.2) is 11.5 Å². The molecular weight excluding hydrogens is 412 g/mol. The Morgan fingerprint density at radius 1 is 1.26 bits per heavy atom. The number of ether oxygens (including phenoxy) is 1. The minimum Gasteiger partial charge on any atom is -0.373 e. The van der Waals surface area contributed by atoms with Crippen LogP contribution in [0.25, 0.3) is 16.9 Å². The molecule has 1 aliphatic heterocycles. The van der Waals surface area contributed by atoms with Gasteiger partial charge in [-0.2, -0.15) is 9.47 Å². The largest absolute Gasteiger partial charge is 0.373 e. The van der Waals surface area contributed by atoms with Crippen molar-refractivity contribution in [3.8, 4) is 11.3 Å². The Kier molecular flexibility index (Phi) is 5.20. The lowest BCUT2D eigenvalue weighted by molar-refractivity contribution is -0.0792. The van der Waals surface area contributed by atoms with Gasteiger partial charge in [-0.1, -0.05) is 0 Å². The number of nitrogens with zero attached hydrogens (tertiary/aromatic N) is 6. The van der Waals surface area contributed by atoms with E-state index in [-0.39, 0.29) is 18.2 Å². The van der Waals surface area contributed by atoms with Gasteiger partial charge >= 0.3 is 0 Å². The molecule has 10 heteroatoms. The minimum absolute atomic E-state index is 0.227. The van der Waals surface area contributed by atoms with Gasteiger partial charge in [0.1, 0.15) is 5.00 Å². The van der Waals surface area contributed by atoms with Crippen molar-refractivity contribution in [2.75, 3.05) is 18.4 Å². The van der Waals surface area contributed by atoms with Crippen molar-refractivity contribution in [2.24, 2.45) is 0 Å². The number of H-pyrrole nitrogens is 1. The molecule has 1 aliphatic rings. The molecule has 1 saturated heterocycles. The van der Waals surface area contributed by atoms with E-state index in [0.717, 1.165) is 46.4 Å². The molecule has 162 valence electrons. The second-order valence-electron chi connectivity index (χ2n) is 8.18. The number of morpholine rings is 1. The van der Waals surface area contributed by atoms with Crippen molar-refractivity contribution < 1.29 is 4.74 Å². The lowest BCUT2D eigenvalue weighted by Gasteiger charge is -2.38. The topological polar surface area (TPSA) is 96.3 Å². The maximum absolute atomic E-state index is 5.87. The molecule has 5 rings (SSSR count). The molecule has 1 fully saturated rings. The molecule has 4 aromatic heterocycles. The number of rotatable bonds is 5. The number of aromatic nitrogens is 6. The molecule has 0 amide bonds. The number of imidazole rings is 1. The highest BCUT2D eigenvalue weighted by molar-refractivity contribution is 7.10. The molecule has 31 heavy (non-hydrogen) atoms. The van der Waals surface area contributed by atoms with E-state index in [1.54, 1.807) is 6.20 Å². The van der Waals surface area contributed by atoms with Crippen molar-refractivity contribution in [2.45, 2.75) is 45.9 Å². The summed E-state index contributed by atoms with van der Waals surface area (Å²) >= 11 is 1.45. The normalized spacial score (nSPS) is 20.9. The van der Waals surface area contributed by atoms with Crippen LogP contribution in [0.3, 0.4) is 0 Å². The molecule has 0 aromatic carbocycles. The maximum Gasteiger partial charge on any atom is 0.180 e. The zero-order valence-electron chi connectivity index (χ0n) is 18.0. The Balaban J connectivity index is 1.40. The fourth-order valence-electron chi connectivity index (χ4n) is 4.18. The summed E-state index contributed by atoms with van der Waals surface area (Å²) in [5, 5.41) is 11.3. The molecular formula is C21H26N8OS. The minimum atomic E-state index is 0.227. The molecule has 4 aromatic rings. The first-order valence-corrected chi connectivity index (χ1v) is 11.2. The van der Waals surface area contributed by atoms with Crippen molar-refractivity contribution in [1.82, 2.24) is 33.8 Å². The van der Waals surface area contributed by atoms with Gasteiger partial charge in [0.2, 0.25) is 0 Å². The molecule has 0 aliphatic carbocycles. The zero-order valence-corrected chi connectivity index (χ0v) is 18.8. The lowest BCUT2D eigenvalue weighted by Crippen LogP contribution is -2.46. The third kappa shape index (κ3) is 3.93. The predicted octanol–water partition coefficient (Wildman–Crippen LogP) is 3.80. The zero-order chi connectivity index (χ0) is 21.5. The summed E-state index contributed by atoms with van der Waals surface area (Å²) in [4.78, 5) is 11.7. The first-order chi connectivity index (χ1) is 15.0. The molecule has 2 N–H and O–H groups in total. The van der Waals surface area contributed by atoms with E-state index < -0.39 is 0 Å². The van der Waals surface area contributed by atoms with Gasteiger partial charge < -0.3 is 10.1 Å². The molecule has 9 nitrogen and oxygen atoms in total. The SMILES string of the molecule is Cc1cn2c(-c3cn[nH]c3)cnc2c(Nc2cc([C@H](C)N3C[C@@H](C)O[C@@H](C)C3)ns2)n1. The van der Waals surface area contributed by atoms with Crippen LogP contribution in [0.4, 0.5) is 10.8 Å². The lowest BCUT2D eigenvalue weighted by atomic mass is 10.1. The van der Waals surface area contributed by atoms with Crippen LogP contribution < -0.4 is 5.32 Å². The van der Waals surface area contributed by atoms with Crippen LogP contribution in [-0.2, 0) is 4.74 Å². The smallest absolute Gasteiger partial charge is 0.180 e. The summed E-state index contributed by atoms with van der Waals surface area (Å²) < 4.78 is 12.6. The number of anilines is 2. The highest BCUT2D eigenvalue weighted by Gasteiger charge is 2.27. The summed E-state index contributed by atoms with van der Waals surface area (Å²) in [7, 11) is 0. The van der Waals surface area contributed by atoms with Crippen molar-refractivity contribution in [3.05, 3.63) is 42.2 Å². The van der Waals surface area contributed by atoms with Crippen LogP contribution in [0.5, 0.6) is 0 Å². The van der Waals surface area contributed by atoms with E-state index >= 15 is 0 Å². The maximum atomic E-state index is 5.87. The third-order valence-electron chi connectivity index (χ3n) is 5.60. The summed E-state index contributed by atoms with van der Waals surface area (Å²) in [6.45, 7) is 10.3. The Bertz CT molecular complexity index is 1170. The van der Waals surface area contributed by atoms with Crippen LogP contribution >= 0.6 is 11.5 Å². The Morgan fingerprint density at radius 2 is 2.06 bits per heavy atom. The van der Waals surface area contributed by atoms with Gasteiger partial charge in [0.25, 0.3) is 0 Å². The molecule has 5 heterocycles. The van der Waals surface area contributed by atoms with Gasteiger partial charge in [-0.25, -0.2) is 9.97 Å². The van der Waals surface area contributed by atoms with Gasteiger partial charge in [0, 0.05) is 31.0 Å². The van der Waals surface area contributed by atoms with E-state index in [1.807, 2.05) is 29.9 Å². The predicted molar refractivity (Wildman–Crippen MR) is 121 cm³/mol. The summed E-state index contributed by atoms with van der Waals surface area (Å²) in [5.41, 5.74) is 4.66. The summed E-state index contributed by atoms with van der Waals surface area (Å²) in [6, 6.07) is 2.34. The van der Waals surface area contributed by atoms with Crippen LogP contribution in [0, 0.1) is 6.92 Å².